The molecule has 0 fully saturated rings. The second-order valence-corrected chi connectivity index (χ2v) is 2.37. The first kappa shape index (κ1) is 10.9. The molecule has 0 aromatic rings. The van der Waals surface area contributed by atoms with Crippen LogP contribution in [0.15, 0.2) is 0 Å². The Balaban J connectivity index is 3.37. The van der Waals surface area contributed by atoms with Crippen LogP contribution in [0.1, 0.15) is 39.5 Å². The molecule has 0 unspecified atom stereocenters. The van der Waals surface area contributed by atoms with Gasteiger partial charge in [-0.25, -0.2) is 19.4 Å². The van der Waals surface area contributed by atoms with Gasteiger partial charge in [0.25, 0.3) is 0 Å². The van der Waals surface area contributed by atoms with Crippen LogP contribution < -0.4 is 0 Å². The third kappa shape index (κ3) is 5.70. The average molecular weight is 174 g/mol. The smallest absolute Gasteiger partial charge is 0.247 e. The highest BCUT2D eigenvalue weighted by Gasteiger charge is 2.06. The average Bonchev–Trinajstić information content (AvgIpc) is 2.10. The van der Waals surface area contributed by atoms with Crippen molar-refractivity contribution in [2.24, 2.45) is 0 Å². The number of carbonyl (C=O) groups excluding carboxylic acids is 2. The predicted octanol–water partition coefficient (Wildman–Crippen LogP) is 1.59. The van der Waals surface area contributed by atoms with Crippen LogP contribution in [0.5, 0.6) is 0 Å². The fourth-order valence-corrected chi connectivity index (χ4v) is 0.515. The van der Waals surface area contributed by atoms with Crippen molar-refractivity contribution >= 4 is 11.9 Å². The van der Waals surface area contributed by atoms with Crippen molar-refractivity contribution in [2.75, 3.05) is 0 Å². The Morgan fingerprint density at radius 1 is 1.08 bits per heavy atom. The molecule has 4 heteroatoms. The molecule has 0 N–H and O–H groups in total. The molecule has 4 nitrogen and oxygen atoms in total. The van der Waals surface area contributed by atoms with Crippen LogP contribution in [-0.4, -0.2) is 11.9 Å². The summed E-state index contributed by atoms with van der Waals surface area (Å²) in [4.78, 5) is 29.6. The lowest BCUT2D eigenvalue weighted by molar-refractivity contribution is -0.258. The summed E-state index contributed by atoms with van der Waals surface area (Å²) in [6.45, 7) is 3.59. The zero-order valence-corrected chi connectivity index (χ0v) is 7.46. The molecule has 0 rings (SSSR count). The number of hydrogen-bond donors (Lipinski definition) is 0. The van der Waals surface area contributed by atoms with Gasteiger partial charge in [0.05, 0.1) is 6.42 Å². The van der Waals surface area contributed by atoms with E-state index in [4.69, 9.17) is 0 Å². The summed E-state index contributed by atoms with van der Waals surface area (Å²) in [5.74, 6) is -1.02. The van der Waals surface area contributed by atoms with E-state index >= 15 is 0 Å². The van der Waals surface area contributed by atoms with Crippen molar-refractivity contribution in [2.45, 2.75) is 39.5 Å². The minimum atomic E-state index is -0.528. The molecule has 12 heavy (non-hydrogen) atoms. The quantitative estimate of drug-likeness (QED) is 0.479. The van der Waals surface area contributed by atoms with E-state index in [0.29, 0.717) is 6.42 Å². The molecular formula is C8H14O4. The number of unbranched alkanes of at least 4 members (excludes halogenated alkanes) is 1. The van der Waals surface area contributed by atoms with Gasteiger partial charge in [0.1, 0.15) is 0 Å². The molecule has 0 aliphatic carbocycles. The molecule has 0 aliphatic rings. The fraction of sp³-hybridized carbons (Fsp3) is 0.750. The minimum Gasteiger partial charge on any atom is -0.247 e. The Labute approximate surface area is 71.8 Å². The van der Waals surface area contributed by atoms with Gasteiger partial charge in [-0.15, -0.1) is 0 Å². The maximum Gasteiger partial charge on any atom is 0.355 e. The number of hydrogen-bond acceptors (Lipinski definition) is 4. The maximum absolute atomic E-state index is 10.7. The molecule has 0 aliphatic heterocycles. The van der Waals surface area contributed by atoms with Crippen molar-refractivity contribution in [3.8, 4) is 0 Å². The molecule has 0 aromatic carbocycles. The van der Waals surface area contributed by atoms with E-state index in [9.17, 15) is 9.59 Å². The van der Waals surface area contributed by atoms with Crippen LogP contribution in [0.2, 0.25) is 0 Å². The summed E-state index contributed by atoms with van der Waals surface area (Å²) < 4.78 is 0. The SMILES string of the molecule is CCCCC(=O)OOC(=O)CC. The number of rotatable bonds is 4. The summed E-state index contributed by atoms with van der Waals surface area (Å²) in [5.41, 5.74) is 0. The van der Waals surface area contributed by atoms with Gasteiger partial charge in [-0.1, -0.05) is 20.3 Å². The van der Waals surface area contributed by atoms with E-state index in [1.54, 1.807) is 6.92 Å². The van der Waals surface area contributed by atoms with Crippen molar-refractivity contribution in [1.82, 2.24) is 0 Å². The lowest BCUT2D eigenvalue weighted by Crippen LogP contribution is -2.09. The van der Waals surface area contributed by atoms with Gasteiger partial charge in [-0.3, -0.25) is 0 Å². The first-order chi connectivity index (χ1) is 5.70. The molecule has 0 saturated carbocycles. The van der Waals surface area contributed by atoms with Crippen LogP contribution >= 0.6 is 0 Å². The van der Waals surface area contributed by atoms with Crippen LogP contribution in [0.25, 0.3) is 0 Å². The van der Waals surface area contributed by atoms with E-state index in [-0.39, 0.29) is 6.42 Å². The molecule has 0 heterocycles. The molecular weight excluding hydrogens is 160 g/mol. The molecule has 0 saturated heterocycles. The largest absolute Gasteiger partial charge is 0.355 e. The van der Waals surface area contributed by atoms with Gasteiger partial charge in [0.15, 0.2) is 0 Å². The van der Waals surface area contributed by atoms with Crippen molar-refractivity contribution in [3.63, 3.8) is 0 Å². The third-order valence-electron chi connectivity index (χ3n) is 1.25. The number of carbonyl (C=O) groups is 2. The van der Waals surface area contributed by atoms with Crippen molar-refractivity contribution in [3.05, 3.63) is 0 Å². The van der Waals surface area contributed by atoms with Crippen molar-refractivity contribution in [1.29, 1.82) is 0 Å². The highest BCUT2D eigenvalue weighted by atomic mass is 17.2. The summed E-state index contributed by atoms with van der Waals surface area (Å²) >= 11 is 0. The van der Waals surface area contributed by atoms with Gasteiger partial charge in [-0.2, -0.15) is 0 Å². The first-order valence-corrected chi connectivity index (χ1v) is 4.10. The summed E-state index contributed by atoms with van der Waals surface area (Å²) in [6.07, 6.45) is 2.17. The van der Waals surface area contributed by atoms with E-state index < -0.39 is 11.9 Å². The molecule has 0 atom stereocenters. The van der Waals surface area contributed by atoms with Gasteiger partial charge in [0, 0.05) is 6.42 Å². The Bertz CT molecular complexity index is 153. The minimum absolute atomic E-state index is 0.209. The Kier molecular flexibility index (Phi) is 6.05. The van der Waals surface area contributed by atoms with Crippen LogP contribution in [0.3, 0.4) is 0 Å². The first-order valence-electron chi connectivity index (χ1n) is 4.10. The zero-order chi connectivity index (χ0) is 9.40. The van der Waals surface area contributed by atoms with E-state index in [1.165, 1.54) is 0 Å². The molecule has 70 valence electrons. The summed E-state index contributed by atoms with van der Waals surface area (Å²) in [5, 5.41) is 0. The summed E-state index contributed by atoms with van der Waals surface area (Å²) in [6, 6.07) is 0. The van der Waals surface area contributed by atoms with Crippen molar-refractivity contribution < 1.29 is 19.4 Å². The maximum atomic E-state index is 10.7. The lowest BCUT2D eigenvalue weighted by Gasteiger charge is -2.00. The molecule has 0 bridgehead atoms. The normalized spacial score (nSPS) is 9.17. The highest BCUT2D eigenvalue weighted by Crippen LogP contribution is 1.97. The summed E-state index contributed by atoms with van der Waals surface area (Å²) in [7, 11) is 0. The van der Waals surface area contributed by atoms with Gasteiger partial charge in [0.2, 0.25) is 0 Å². The lowest BCUT2D eigenvalue weighted by atomic mass is 10.3. The fourth-order valence-electron chi connectivity index (χ4n) is 0.515. The van der Waals surface area contributed by atoms with E-state index in [1.807, 2.05) is 6.92 Å². The van der Waals surface area contributed by atoms with E-state index in [2.05, 4.69) is 9.78 Å². The van der Waals surface area contributed by atoms with Gasteiger partial charge < -0.3 is 0 Å². The van der Waals surface area contributed by atoms with Crippen LogP contribution in [0, 0.1) is 0 Å². The molecule has 0 spiro atoms. The van der Waals surface area contributed by atoms with Crippen LogP contribution in [0.4, 0.5) is 0 Å². The monoisotopic (exact) mass is 174 g/mol. The topological polar surface area (TPSA) is 52.6 Å². The zero-order valence-electron chi connectivity index (χ0n) is 7.46. The Morgan fingerprint density at radius 3 is 2.17 bits per heavy atom. The molecule has 0 radical (unpaired) electrons. The van der Waals surface area contributed by atoms with Gasteiger partial charge in [-0.05, 0) is 6.42 Å². The van der Waals surface area contributed by atoms with E-state index in [0.717, 1.165) is 12.8 Å². The second kappa shape index (κ2) is 6.64. The predicted molar refractivity (Wildman–Crippen MR) is 42.0 cm³/mol. The standard InChI is InChI=1S/C8H14O4/c1-3-5-6-8(10)12-11-7(9)4-2/h3-6H2,1-2H3. The highest BCUT2D eigenvalue weighted by molar-refractivity contribution is 5.72. The van der Waals surface area contributed by atoms with Crippen LogP contribution in [-0.2, 0) is 19.4 Å². The molecule has 0 amide bonds. The third-order valence-corrected chi connectivity index (χ3v) is 1.25. The molecule has 0 aromatic heterocycles. The van der Waals surface area contributed by atoms with Gasteiger partial charge >= 0.3 is 11.9 Å². The Morgan fingerprint density at radius 2 is 1.67 bits per heavy atom. The second-order valence-electron chi connectivity index (χ2n) is 2.37. The Hall–Kier alpha value is -1.06.